The van der Waals surface area contributed by atoms with Crippen LogP contribution in [0.25, 0.3) is 0 Å². The van der Waals surface area contributed by atoms with E-state index in [1.807, 2.05) is 6.20 Å². The SMILES string of the molecule is COC(C)(C)CCOc1cncc(N2CCCNCC2)c1. The highest BCUT2D eigenvalue weighted by atomic mass is 16.5. The normalized spacial score (nSPS) is 16.6. The molecule has 0 aromatic carbocycles. The molecular formula is C16H27N3O2. The third-order valence-electron chi connectivity index (χ3n) is 3.93. The average Bonchev–Trinajstić information content (AvgIpc) is 2.76. The zero-order chi connectivity index (χ0) is 15.1. The fourth-order valence-electron chi connectivity index (χ4n) is 2.28. The lowest BCUT2D eigenvalue weighted by Gasteiger charge is -2.24. The quantitative estimate of drug-likeness (QED) is 0.870. The summed E-state index contributed by atoms with van der Waals surface area (Å²) in [6.07, 6.45) is 5.70. The summed E-state index contributed by atoms with van der Waals surface area (Å²) in [5.74, 6) is 0.830. The third-order valence-corrected chi connectivity index (χ3v) is 3.93. The largest absolute Gasteiger partial charge is 0.492 e. The van der Waals surface area contributed by atoms with E-state index in [1.165, 1.54) is 0 Å². The molecule has 2 heterocycles. The number of aromatic nitrogens is 1. The van der Waals surface area contributed by atoms with Crippen molar-refractivity contribution in [1.82, 2.24) is 10.3 Å². The number of ether oxygens (including phenoxy) is 2. The highest BCUT2D eigenvalue weighted by Crippen LogP contribution is 2.21. The molecule has 2 rings (SSSR count). The molecule has 0 aliphatic carbocycles. The lowest BCUT2D eigenvalue weighted by molar-refractivity contribution is 0.00543. The van der Waals surface area contributed by atoms with E-state index in [-0.39, 0.29) is 5.60 Å². The van der Waals surface area contributed by atoms with Crippen LogP contribution in [0.3, 0.4) is 0 Å². The van der Waals surface area contributed by atoms with Gasteiger partial charge in [-0.05, 0) is 26.8 Å². The summed E-state index contributed by atoms with van der Waals surface area (Å²) >= 11 is 0. The predicted octanol–water partition coefficient (Wildman–Crippen LogP) is 2.08. The number of anilines is 1. The van der Waals surface area contributed by atoms with E-state index in [4.69, 9.17) is 9.47 Å². The minimum atomic E-state index is -0.151. The van der Waals surface area contributed by atoms with Crippen LogP contribution in [-0.2, 0) is 4.74 Å². The fraction of sp³-hybridized carbons (Fsp3) is 0.688. The van der Waals surface area contributed by atoms with Gasteiger partial charge in [0.15, 0.2) is 0 Å². The van der Waals surface area contributed by atoms with E-state index in [1.54, 1.807) is 13.3 Å². The molecule has 0 amide bonds. The van der Waals surface area contributed by atoms with Crippen LogP contribution in [0.2, 0.25) is 0 Å². The topological polar surface area (TPSA) is 46.6 Å². The predicted molar refractivity (Wildman–Crippen MR) is 85.1 cm³/mol. The number of pyridine rings is 1. The summed E-state index contributed by atoms with van der Waals surface area (Å²) in [5, 5.41) is 3.41. The Balaban J connectivity index is 1.91. The standard InChI is InChI=1S/C16H27N3O2/c1-16(2,20-3)5-10-21-15-11-14(12-18-13-15)19-8-4-6-17-7-9-19/h11-13,17H,4-10H2,1-3H3. The molecule has 0 spiro atoms. The first-order valence-corrected chi connectivity index (χ1v) is 7.69. The van der Waals surface area contributed by atoms with Crippen LogP contribution in [0.15, 0.2) is 18.5 Å². The van der Waals surface area contributed by atoms with Gasteiger partial charge in [-0.15, -0.1) is 0 Å². The van der Waals surface area contributed by atoms with Crippen LogP contribution >= 0.6 is 0 Å². The molecule has 1 N–H and O–H groups in total. The van der Waals surface area contributed by atoms with E-state index in [2.05, 4.69) is 35.1 Å². The Morgan fingerprint density at radius 2 is 2.14 bits per heavy atom. The number of methoxy groups -OCH3 is 1. The zero-order valence-electron chi connectivity index (χ0n) is 13.4. The van der Waals surface area contributed by atoms with Gasteiger partial charge in [0.05, 0.1) is 30.3 Å². The Morgan fingerprint density at radius 3 is 2.95 bits per heavy atom. The minimum absolute atomic E-state index is 0.151. The second-order valence-corrected chi connectivity index (χ2v) is 6.03. The molecule has 118 valence electrons. The molecule has 1 fully saturated rings. The van der Waals surface area contributed by atoms with Crippen molar-refractivity contribution in [2.24, 2.45) is 0 Å². The first-order valence-electron chi connectivity index (χ1n) is 7.69. The van der Waals surface area contributed by atoms with Gasteiger partial charge in [-0.25, -0.2) is 0 Å². The molecule has 5 nitrogen and oxygen atoms in total. The molecular weight excluding hydrogens is 266 g/mol. The summed E-state index contributed by atoms with van der Waals surface area (Å²) in [6.45, 7) is 8.95. The molecule has 21 heavy (non-hydrogen) atoms. The smallest absolute Gasteiger partial charge is 0.139 e. The van der Waals surface area contributed by atoms with Crippen molar-refractivity contribution >= 4 is 5.69 Å². The van der Waals surface area contributed by atoms with Gasteiger partial charge in [0, 0.05) is 39.2 Å². The Kier molecular flexibility index (Phi) is 5.82. The maximum absolute atomic E-state index is 5.82. The summed E-state index contributed by atoms with van der Waals surface area (Å²) in [6, 6.07) is 2.08. The average molecular weight is 293 g/mol. The molecule has 1 aliphatic rings. The van der Waals surface area contributed by atoms with Crippen molar-refractivity contribution in [2.45, 2.75) is 32.3 Å². The second-order valence-electron chi connectivity index (χ2n) is 6.03. The maximum atomic E-state index is 5.82. The van der Waals surface area contributed by atoms with Gasteiger partial charge in [0.2, 0.25) is 0 Å². The summed E-state index contributed by atoms with van der Waals surface area (Å²) < 4.78 is 11.2. The molecule has 0 radical (unpaired) electrons. The highest BCUT2D eigenvalue weighted by Gasteiger charge is 2.16. The van der Waals surface area contributed by atoms with Crippen molar-refractivity contribution < 1.29 is 9.47 Å². The van der Waals surface area contributed by atoms with Gasteiger partial charge in [-0.2, -0.15) is 0 Å². The molecule has 0 atom stereocenters. The number of nitrogens with one attached hydrogen (secondary N) is 1. The lowest BCUT2D eigenvalue weighted by atomic mass is 10.1. The zero-order valence-corrected chi connectivity index (χ0v) is 13.4. The summed E-state index contributed by atoms with van der Waals surface area (Å²) in [5.41, 5.74) is 0.990. The van der Waals surface area contributed by atoms with Gasteiger partial charge < -0.3 is 19.7 Å². The molecule has 0 bridgehead atoms. The van der Waals surface area contributed by atoms with Crippen molar-refractivity contribution in [2.75, 3.05) is 44.8 Å². The molecule has 0 saturated carbocycles. The van der Waals surface area contributed by atoms with Crippen molar-refractivity contribution in [3.05, 3.63) is 18.5 Å². The maximum Gasteiger partial charge on any atom is 0.139 e. The van der Waals surface area contributed by atoms with E-state index >= 15 is 0 Å². The van der Waals surface area contributed by atoms with Crippen LogP contribution in [0.5, 0.6) is 5.75 Å². The molecule has 1 aliphatic heterocycles. The van der Waals surface area contributed by atoms with Crippen molar-refractivity contribution in [3.8, 4) is 5.75 Å². The van der Waals surface area contributed by atoms with Crippen LogP contribution in [0.4, 0.5) is 5.69 Å². The monoisotopic (exact) mass is 293 g/mol. The molecule has 1 aromatic rings. The van der Waals surface area contributed by atoms with Gasteiger partial charge in [-0.1, -0.05) is 0 Å². The molecule has 1 saturated heterocycles. The number of nitrogens with zero attached hydrogens (tertiary/aromatic N) is 2. The van der Waals surface area contributed by atoms with Crippen molar-refractivity contribution in [3.63, 3.8) is 0 Å². The lowest BCUT2D eigenvalue weighted by Crippen LogP contribution is -2.28. The second kappa shape index (κ2) is 7.61. The van der Waals surface area contributed by atoms with Gasteiger partial charge in [-0.3, -0.25) is 4.98 Å². The highest BCUT2D eigenvalue weighted by molar-refractivity contribution is 5.48. The summed E-state index contributed by atoms with van der Waals surface area (Å²) in [4.78, 5) is 6.67. The van der Waals surface area contributed by atoms with Crippen LogP contribution in [0.1, 0.15) is 26.7 Å². The molecule has 5 heteroatoms. The molecule has 1 aromatic heterocycles. The summed E-state index contributed by atoms with van der Waals surface area (Å²) in [7, 11) is 1.73. The van der Waals surface area contributed by atoms with Gasteiger partial charge in [0.25, 0.3) is 0 Å². The number of hydrogen-bond donors (Lipinski definition) is 1. The van der Waals surface area contributed by atoms with E-state index in [0.717, 1.165) is 50.5 Å². The number of hydrogen-bond acceptors (Lipinski definition) is 5. The Morgan fingerprint density at radius 1 is 1.29 bits per heavy atom. The van der Waals surface area contributed by atoms with Crippen molar-refractivity contribution in [1.29, 1.82) is 0 Å². The first kappa shape index (κ1) is 16.0. The first-order chi connectivity index (χ1) is 10.1. The number of rotatable bonds is 6. The Bertz CT molecular complexity index is 429. The Labute approximate surface area is 127 Å². The van der Waals surface area contributed by atoms with E-state index in [0.29, 0.717) is 6.61 Å². The van der Waals surface area contributed by atoms with E-state index < -0.39 is 0 Å². The van der Waals surface area contributed by atoms with Crippen LogP contribution in [0, 0.1) is 0 Å². The Hall–Kier alpha value is -1.33. The minimum Gasteiger partial charge on any atom is -0.492 e. The van der Waals surface area contributed by atoms with Gasteiger partial charge >= 0.3 is 0 Å². The van der Waals surface area contributed by atoms with E-state index in [9.17, 15) is 0 Å². The van der Waals surface area contributed by atoms with Crippen LogP contribution in [-0.4, -0.2) is 50.5 Å². The fourth-order valence-corrected chi connectivity index (χ4v) is 2.28. The van der Waals surface area contributed by atoms with Gasteiger partial charge in [0.1, 0.15) is 5.75 Å². The third kappa shape index (κ3) is 5.17. The molecule has 0 unspecified atom stereocenters. The van der Waals surface area contributed by atoms with Crippen LogP contribution < -0.4 is 15.0 Å².